The van der Waals surface area contributed by atoms with Gasteiger partial charge in [0, 0.05) is 0 Å². The molecule has 3 nitrogen and oxygen atoms in total. The van der Waals surface area contributed by atoms with Crippen LogP contribution in [-0.2, 0) is 0 Å². The number of hydrogen-bond donors (Lipinski definition) is 2. The number of rotatable bonds is 6. The fraction of sp³-hybridized carbons (Fsp3) is 0.625. The molecular weight excluding hydrogens is 238 g/mol. The summed E-state index contributed by atoms with van der Waals surface area (Å²) in [5.41, 5.74) is 0. The van der Waals surface area contributed by atoms with E-state index in [1.807, 2.05) is 30.3 Å². The van der Waals surface area contributed by atoms with Gasteiger partial charge < -0.3 is 14.7 Å². The van der Waals surface area contributed by atoms with Crippen LogP contribution in [0.25, 0.3) is 0 Å². The van der Waals surface area contributed by atoms with Crippen LogP contribution in [-0.4, -0.2) is 37.5 Å². The predicted molar refractivity (Wildman–Crippen MR) is 76.6 cm³/mol. The molecule has 1 aliphatic rings. The molecule has 0 saturated heterocycles. The van der Waals surface area contributed by atoms with Crippen molar-refractivity contribution in [2.24, 2.45) is 0 Å². The number of para-hydroxylation sites is 1. The van der Waals surface area contributed by atoms with E-state index in [4.69, 9.17) is 4.74 Å². The minimum atomic E-state index is -0.387. The summed E-state index contributed by atoms with van der Waals surface area (Å²) in [7, 11) is 2.20. The zero-order chi connectivity index (χ0) is 13.5. The average molecular weight is 264 g/mol. The van der Waals surface area contributed by atoms with Gasteiger partial charge in [-0.1, -0.05) is 24.6 Å². The second-order valence-corrected chi connectivity index (χ2v) is 5.66. The van der Waals surface area contributed by atoms with Crippen molar-refractivity contribution < 1.29 is 14.7 Å². The molecule has 2 atom stereocenters. The first-order valence-electron chi connectivity index (χ1n) is 7.44. The highest BCUT2D eigenvalue weighted by atomic mass is 16.5. The second-order valence-electron chi connectivity index (χ2n) is 5.66. The van der Waals surface area contributed by atoms with E-state index >= 15 is 0 Å². The summed E-state index contributed by atoms with van der Waals surface area (Å²) < 4.78 is 5.59. The van der Waals surface area contributed by atoms with E-state index in [1.54, 1.807) is 0 Å². The molecule has 19 heavy (non-hydrogen) atoms. The lowest BCUT2D eigenvalue weighted by atomic mass is 9.94. The van der Waals surface area contributed by atoms with E-state index in [0.717, 1.165) is 18.3 Å². The first kappa shape index (κ1) is 14.4. The third kappa shape index (κ3) is 4.84. The largest absolute Gasteiger partial charge is 0.491 e. The summed E-state index contributed by atoms with van der Waals surface area (Å²) >= 11 is 0. The highest BCUT2D eigenvalue weighted by Gasteiger charge is 2.23. The molecule has 1 unspecified atom stereocenters. The molecule has 2 N–H and O–H groups in total. The molecular formula is C16H26NO2+. The van der Waals surface area contributed by atoms with Gasteiger partial charge in [-0.2, -0.15) is 0 Å². The van der Waals surface area contributed by atoms with Gasteiger partial charge in [0.15, 0.2) is 0 Å². The lowest BCUT2D eigenvalue weighted by Crippen LogP contribution is -3.14. The Labute approximate surface area is 116 Å². The van der Waals surface area contributed by atoms with E-state index < -0.39 is 0 Å². The third-order valence-corrected chi connectivity index (χ3v) is 4.05. The maximum absolute atomic E-state index is 10.1. The SMILES string of the molecule is C[NH+](C[C@@H](O)COc1ccccc1)C1CCCCC1. The van der Waals surface area contributed by atoms with Crippen LogP contribution in [0.15, 0.2) is 30.3 Å². The van der Waals surface area contributed by atoms with E-state index in [-0.39, 0.29) is 6.10 Å². The van der Waals surface area contributed by atoms with Crippen LogP contribution in [0, 0.1) is 0 Å². The summed E-state index contributed by atoms with van der Waals surface area (Å²) in [6, 6.07) is 10.4. The van der Waals surface area contributed by atoms with Crippen LogP contribution >= 0.6 is 0 Å². The van der Waals surface area contributed by atoms with Crippen molar-refractivity contribution in [1.82, 2.24) is 0 Å². The molecule has 0 heterocycles. The monoisotopic (exact) mass is 264 g/mol. The number of likely N-dealkylation sites (N-methyl/N-ethyl adjacent to an activating group) is 1. The van der Waals surface area contributed by atoms with Gasteiger partial charge in [-0.25, -0.2) is 0 Å². The summed E-state index contributed by atoms with van der Waals surface area (Å²) in [5.74, 6) is 0.830. The first-order valence-corrected chi connectivity index (χ1v) is 7.44. The number of ether oxygens (including phenoxy) is 1. The Kier molecular flexibility index (Phi) is 5.67. The van der Waals surface area contributed by atoms with Gasteiger partial charge in [-0.05, 0) is 37.8 Å². The molecule has 0 aliphatic heterocycles. The van der Waals surface area contributed by atoms with E-state index in [9.17, 15) is 5.11 Å². The number of nitrogens with one attached hydrogen (secondary N) is 1. The Morgan fingerprint density at radius 2 is 1.89 bits per heavy atom. The minimum absolute atomic E-state index is 0.383. The van der Waals surface area contributed by atoms with Gasteiger partial charge in [0.25, 0.3) is 0 Å². The van der Waals surface area contributed by atoms with Crippen molar-refractivity contribution in [1.29, 1.82) is 0 Å². The first-order chi connectivity index (χ1) is 9.25. The zero-order valence-corrected chi connectivity index (χ0v) is 11.8. The van der Waals surface area contributed by atoms with Crippen LogP contribution < -0.4 is 9.64 Å². The second kappa shape index (κ2) is 7.51. The highest BCUT2D eigenvalue weighted by Crippen LogP contribution is 2.15. The van der Waals surface area contributed by atoms with Crippen LogP contribution in [0.4, 0.5) is 0 Å². The molecule has 0 amide bonds. The van der Waals surface area contributed by atoms with Crippen LogP contribution in [0.2, 0.25) is 0 Å². The van der Waals surface area contributed by atoms with Crippen molar-refractivity contribution in [2.45, 2.75) is 44.2 Å². The van der Waals surface area contributed by atoms with Crippen LogP contribution in [0.5, 0.6) is 5.75 Å². The molecule has 2 rings (SSSR count). The molecule has 1 aromatic rings. The summed E-state index contributed by atoms with van der Waals surface area (Å²) in [6.07, 6.45) is 6.29. The topological polar surface area (TPSA) is 33.9 Å². The quantitative estimate of drug-likeness (QED) is 0.811. The van der Waals surface area contributed by atoms with Gasteiger partial charge >= 0.3 is 0 Å². The maximum atomic E-state index is 10.1. The molecule has 106 valence electrons. The predicted octanol–water partition coefficient (Wildman–Crippen LogP) is 1.27. The number of quaternary nitrogens is 1. The van der Waals surface area contributed by atoms with E-state index in [0.29, 0.717) is 6.61 Å². The fourth-order valence-corrected chi connectivity index (χ4v) is 2.90. The Morgan fingerprint density at radius 1 is 1.21 bits per heavy atom. The van der Waals surface area contributed by atoms with Crippen molar-refractivity contribution in [3.05, 3.63) is 30.3 Å². The van der Waals surface area contributed by atoms with Gasteiger partial charge in [0.2, 0.25) is 0 Å². The fourth-order valence-electron chi connectivity index (χ4n) is 2.90. The van der Waals surface area contributed by atoms with Gasteiger partial charge in [0.1, 0.15) is 25.0 Å². The minimum Gasteiger partial charge on any atom is -0.491 e. The molecule has 0 aromatic heterocycles. The normalized spacial score (nSPS) is 19.9. The number of aliphatic hydroxyl groups excluding tert-OH is 1. The smallest absolute Gasteiger partial charge is 0.137 e. The average Bonchev–Trinajstić information content (AvgIpc) is 2.47. The van der Waals surface area contributed by atoms with E-state index in [2.05, 4.69) is 7.05 Å². The van der Waals surface area contributed by atoms with Gasteiger partial charge in [-0.15, -0.1) is 0 Å². The Balaban J connectivity index is 1.70. The van der Waals surface area contributed by atoms with E-state index in [1.165, 1.54) is 37.0 Å². The van der Waals surface area contributed by atoms with Crippen molar-refractivity contribution >= 4 is 0 Å². The molecule has 0 spiro atoms. The number of aliphatic hydroxyl groups is 1. The molecule has 1 aromatic carbocycles. The molecule has 1 aliphatic carbocycles. The number of hydrogen-bond acceptors (Lipinski definition) is 2. The summed E-state index contributed by atoms with van der Waals surface area (Å²) in [5, 5.41) is 10.1. The Morgan fingerprint density at radius 3 is 2.58 bits per heavy atom. The standard InChI is InChI=1S/C16H25NO2/c1-17(14-8-4-2-5-9-14)12-15(18)13-19-16-10-6-3-7-11-16/h3,6-7,10-11,14-15,18H,2,4-5,8-9,12-13H2,1H3/p+1/t15-/m1/s1. The molecule has 1 saturated carbocycles. The Bertz CT molecular complexity index is 349. The van der Waals surface area contributed by atoms with Gasteiger partial charge in [-0.3, -0.25) is 0 Å². The highest BCUT2D eigenvalue weighted by molar-refractivity contribution is 5.20. The number of benzene rings is 1. The van der Waals surface area contributed by atoms with Crippen LogP contribution in [0.3, 0.4) is 0 Å². The summed E-state index contributed by atoms with van der Waals surface area (Å²) in [6.45, 7) is 1.16. The maximum Gasteiger partial charge on any atom is 0.137 e. The molecule has 1 fully saturated rings. The lowest BCUT2D eigenvalue weighted by Gasteiger charge is -2.29. The van der Waals surface area contributed by atoms with Crippen LogP contribution in [0.1, 0.15) is 32.1 Å². The van der Waals surface area contributed by atoms with Gasteiger partial charge in [0.05, 0.1) is 13.1 Å². The molecule has 3 heteroatoms. The molecule has 0 radical (unpaired) electrons. The lowest BCUT2D eigenvalue weighted by molar-refractivity contribution is -0.910. The van der Waals surface area contributed by atoms with Crippen molar-refractivity contribution in [2.75, 3.05) is 20.2 Å². The molecule has 0 bridgehead atoms. The Hall–Kier alpha value is -1.06. The zero-order valence-electron chi connectivity index (χ0n) is 11.8. The van der Waals surface area contributed by atoms with Crippen molar-refractivity contribution in [3.8, 4) is 5.75 Å². The third-order valence-electron chi connectivity index (χ3n) is 4.05. The van der Waals surface area contributed by atoms with Crippen molar-refractivity contribution in [3.63, 3.8) is 0 Å². The summed E-state index contributed by atoms with van der Waals surface area (Å²) in [4.78, 5) is 1.45.